The molecule has 3 nitrogen and oxygen atoms in total. The number of carbonyl (C=O) groups excluding carboxylic acids is 1. The van der Waals surface area contributed by atoms with Crippen LogP contribution in [0.25, 0.3) is 32.9 Å². The van der Waals surface area contributed by atoms with Gasteiger partial charge < -0.3 is 9.88 Å². The molecular formula is C23H18N2O. The highest BCUT2D eigenvalue weighted by Crippen LogP contribution is 2.52. The Balaban J connectivity index is 1.94. The van der Waals surface area contributed by atoms with Crippen LogP contribution in [0.5, 0.6) is 0 Å². The lowest BCUT2D eigenvalue weighted by molar-refractivity contribution is 0.0966. The quantitative estimate of drug-likeness (QED) is 0.495. The highest BCUT2D eigenvalue weighted by atomic mass is 16.1. The second-order valence-electron chi connectivity index (χ2n) is 7.43. The first-order chi connectivity index (χ1) is 12.7. The average Bonchev–Trinajstić information content (AvgIpc) is 3.28. The molecule has 1 N–H and O–H groups in total. The van der Waals surface area contributed by atoms with E-state index in [0.29, 0.717) is 6.54 Å². The predicted molar refractivity (Wildman–Crippen MR) is 105 cm³/mol. The lowest BCUT2D eigenvalue weighted by Gasteiger charge is -2.13. The Morgan fingerprint density at radius 1 is 1.04 bits per heavy atom. The van der Waals surface area contributed by atoms with Gasteiger partial charge >= 0.3 is 0 Å². The maximum Gasteiger partial charge on any atom is 0.252 e. The summed E-state index contributed by atoms with van der Waals surface area (Å²) in [5.74, 6) is 0.348. The van der Waals surface area contributed by atoms with E-state index < -0.39 is 0 Å². The Morgan fingerprint density at radius 2 is 1.81 bits per heavy atom. The fourth-order valence-corrected chi connectivity index (χ4v) is 5.19. The first-order valence-corrected chi connectivity index (χ1v) is 9.12. The third-order valence-corrected chi connectivity index (χ3v) is 6.27. The summed E-state index contributed by atoms with van der Waals surface area (Å²) < 4.78 is 2.31. The van der Waals surface area contributed by atoms with Gasteiger partial charge in [0, 0.05) is 41.4 Å². The molecule has 0 fully saturated rings. The number of hydrogen-bond acceptors (Lipinski definition) is 1. The number of nitrogens with one attached hydrogen (secondary N) is 1. The lowest BCUT2D eigenvalue weighted by atomic mass is 9.90. The number of fused-ring (bicyclic) bond motifs is 10. The number of para-hydroxylation sites is 1. The number of benzene rings is 3. The molecule has 3 heteroatoms. The molecule has 2 aliphatic rings. The number of hydrogen-bond donors (Lipinski definition) is 1. The Hall–Kier alpha value is -3.07. The molecule has 3 aromatic carbocycles. The van der Waals surface area contributed by atoms with Gasteiger partial charge in [-0.15, -0.1) is 0 Å². The van der Waals surface area contributed by atoms with Crippen molar-refractivity contribution in [3.63, 3.8) is 0 Å². The van der Waals surface area contributed by atoms with Crippen molar-refractivity contribution in [2.45, 2.75) is 19.4 Å². The minimum Gasteiger partial charge on any atom is -0.348 e. The minimum absolute atomic E-state index is 0.0648. The highest BCUT2D eigenvalue weighted by molar-refractivity contribution is 6.20. The van der Waals surface area contributed by atoms with Gasteiger partial charge in [0.05, 0.1) is 11.1 Å². The fourth-order valence-electron chi connectivity index (χ4n) is 5.19. The number of aryl methyl sites for hydroxylation is 1. The summed E-state index contributed by atoms with van der Waals surface area (Å²) in [6.45, 7) is 2.88. The number of rotatable bonds is 0. The molecule has 126 valence electrons. The number of aromatic nitrogens is 1. The molecule has 1 aliphatic carbocycles. The van der Waals surface area contributed by atoms with Gasteiger partial charge in [-0.25, -0.2) is 0 Å². The van der Waals surface area contributed by atoms with Crippen LogP contribution >= 0.6 is 0 Å². The number of carbonyl (C=O) groups is 1. The van der Waals surface area contributed by atoms with Gasteiger partial charge in [0.25, 0.3) is 5.91 Å². The van der Waals surface area contributed by atoms with Crippen molar-refractivity contribution in [3.05, 3.63) is 70.8 Å². The smallest absolute Gasteiger partial charge is 0.252 e. The van der Waals surface area contributed by atoms with Crippen molar-refractivity contribution < 1.29 is 4.79 Å². The highest BCUT2D eigenvalue weighted by Gasteiger charge is 2.37. The van der Waals surface area contributed by atoms with E-state index in [4.69, 9.17) is 0 Å². The summed E-state index contributed by atoms with van der Waals surface area (Å²) in [4.78, 5) is 12.8. The van der Waals surface area contributed by atoms with E-state index in [1.165, 1.54) is 38.5 Å². The monoisotopic (exact) mass is 338 g/mol. The third-order valence-electron chi connectivity index (χ3n) is 6.27. The van der Waals surface area contributed by atoms with Gasteiger partial charge in [-0.1, -0.05) is 49.4 Å². The van der Waals surface area contributed by atoms with Crippen molar-refractivity contribution in [1.82, 2.24) is 9.88 Å². The summed E-state index contributed by atoms with van der Waals surface area (Å²) in [5, 5.41) is 5.56. The Labute approximate surface area is 151 Å². The largest absolute Gasteiger partial charge is 0.348 e. The fraction of sp³-hybridized carbons (Fsp3) is 0.174. The minimum atomic E-state index is 0.0648. The molecule has 1 amide bonds. The van der Waals surface area contributed by atoms with Crippen molar-refractivity contribution in [2.24, 2.45) is 7.05 Å². The number of amides is 1. The summed E-state index contributed by atoms with van der Waals surface area (Å²) >= 11 is 0. The molecular weight excluding hydrogens is 320 g/mol. The Morgan fingerprint density at radius 3 is 2.69 bits per heavy atom. The molecule has 1 atom stereocenters. The molecule has 0 spiro atoms. The molecule has 2 heterocycles. The molecule has 1 aromatic heterocycles. The summed E-state index contributed by atoms with van der Waals surface area (Å²) in [6, 6.07) is 17.1. The van der Waals surface area contributed by atoms with Crippen LogP contribution in [0.15, 0.2) is 48.5 Å². The normalized spacial score (nSPS) is 17.5. The van der Waals surface area contributed by atoms with Gasteiger partial charge in [0.15, 0.2) is 0 Å². The van der Waals surface area contributed by atoms with Crippen molar-refractivity contribution in [3.8, 4) is 11.1 Å². The van der Waals surface area contributed by atoms with Crippen molar-refractivity contribution >= 4 is 27.7 Å². The zero-order valence-corrected chi connectivity index (χ0v) is 14.8. The van der Waals surface area contributed by atoms with Crippen LogP contribution in [-0.2, 0) is 13.6 Å². The van der Waals surface area contributed by atoms with Crippen LogP contribution in [0.2, 0.25) is 0 Å². The van der Waals surface area contributed by atoms with Crippen LogP contribution in [0.1, 0.15) is 39.9 Å². The van der Waals surface area contributed by atoms with E-state index in [2.05, 4.69) is 72.4 Å². The second kappa shape index (κ2) is 4.55. The van der Waals surface area contributed by atoms with Crippen LogP contribution < -0.4 is 5.32 Å². The molecule has 1 aliphatic heterocycles. The predicted octanol–water partition coefficient (Wildman–Crippen LogP) is 4.71. The second-order valence-corrected chi connectivity index (χ2v) is 7.43. The van der Waals surface area contributed by atoms with Gasteiger partial charge in [0.2, 0.25) is 0 Å². The van der Waals surface area contributed by atoms with Crippen LogP contribution in [0.3, 0.4) is 0 Å². The van der Waals surface area contributed by atoms with Crippen molar-refractivity contribution in [1.29, 1.82) is 0 Å². The molecule has 0 radical (unpaired) electrons. The van der Waals surface area contributed by atoms with Gasteiger partial charge in [-0.3, -0.25) is 4.79 Å². The molecule has 0 bridgehead atoms. The molecule has 0 saturated heterocycles. The SMILES string of the molecule is CC1c2ccccc2-c2c3c(c4c5ccccc5n(C)c4c21)CNC3=O. The summed E-state index contributed by atoms with van der Waals surface area (Å²) in [5.41, 5.74) is 9.54. The maximum absolute atomic E-state index is 12.8. The standard InChI is InChI=1S/C23H18N2O/c1-12-13-7-3-4-8-14(13)20-18(12)22-19(16-11-24-23(26)21(16)20)15-9-5-6-10-17(15)25(22)2/h3-10,12H,11H2,1-2H3,(H,24,26). The van der Waals surface area contributed by atoms with Gasteiger partial charge in [-0.2, -0.15) is 0 Å². The van der Waals surface area contributed by atoms with E-state index in [-0.39, 0.29) is 11.8 Å². The topological polar surface area (TPSA) is 34.0 Å². The first-order valence-electron chi connectivity index (χ1n) is 9.12. The average molecular weight is 338 g/mol. The van der Waals surface area contributed by atoms with Crippen molar-refractivity contribution in [2.75, 3.05) is 0 Å². The first kappa shape index (κ1) is 14.1. The lowest BCUT2D eigenvalue weighted by Crippen LogP contribution is -2.13. The number of nitrogens with zero attached hydrogens (tertiary/aromatic N) is 1. The van der Waals surface area contributed by atoms with E-state index in [1.807, 2.05) is 0 Å². The van der Waals surface area contributed by atoms with Crippen LogP contribution in [0.4, 0.5) is 0 Å². The van der Waals surface area contributed by atoms with E-state index in [1.54, 1.807) is 0 Å². The Bertz CT molecular complexity index is 1280. The molecule has 26 heavy (non-hydrogen) atoms. The zero-order chi connectivity index (χ0) is 17.6. The third kappa shape index (κ3) is 1.44. The van der Waals surface area contributed by atoms with E-state index in [9.17, 15) is 4.79 Å². The van der Waals surface area contributed by atoms with Crippen LogP contribution in [-0.4, -0.2) is 10.5 Å². The summed E-state index contributed by atoms with van der Waals surface area (Å²) in [7, 11) is 2.15. The zero-order valence-electron chi connectivity index (χ0n) is 14.8. The molecule has 6 rings (SSSR count). The van der Waals surface area contributed by atoms with E-state index >= 15 is 0 Å². The maximum atomic E-state index is 12.8. The Kier molecular flexibility index (Phi) is 2.48. The molecule has 4 aromatic rings. The summed E-state index contributed by atoms with van der Waals surface area (Å²) in [6.07, 6.45) is 0. The van der Waals surface area contributed by atoms with E-state index in [0.717, 1.165) is 16.7 Å². The van der Waals surface area contributed by atoms with Crippen LogP contribution in [0, 0.1) is 0 Å². The molecule has 1 unspecified atom stereocenters. The molecule has 0 saturated carbocycles. The van der Waals surface area contributed by atoms with Gasteiger partial charge in [0.1, 0.15) is 0 Å². The van der Waals surface area contributed by atoms with Gasteiger partial charge in [-0.05, 0) is 28.3 Å².